The van der Waals surface area contributed by atoms with Crippen LogP contribution >= 0.6 is 15.9 Å². The molecule has 0 bridgehead atoms. The average molecular weight is 394 g/mol. The van der Waals surface area contributed by atoms with Gasteiger partial charge >= 0.3 is 5.97 Å². The number of carbonyl (C=O) groups excluding carboxylic acids is 1. The predicted octanol–water partition coefficient (Wildman–Crippen LogP) is 3.50. The molecule has 0 aliphatic carbocycles. The summed E-state index contributed by atoms with van der Waals surface area (Å²) in [6.07, 6.45) is 0. The quantitative estimate of drug-likeness (QED) is 0.781. The molecule has 128 valence electrons. The molecule has 1 heterocycles. The Kier molecular flexibility index (Phi) is 5.77. The number of aromatic nitrogens is 2. The predicted molar refractivity (Wildman–Crippen MR) is 95.1 cm³/mol. The normalized spacial score (nSPS) is 10.5. The van der Waals surface area contributed by atoms with Gasteiger partial charge in [0.1, 0.15) is 17.9 Å². The Morgan fingerprint density at radius 2 is 1.83 bits per heavy atom. The number of aryl methyl sites for hydroxylation is 3. The van der Waals surface area contributed by atoms with Crippen LogP contribution in [-0.2, 0) is 11.3 Å². The van der Waals surface area contributed by atoms with E-state index in [0.29, 0.717) is 17.0 Å². The minimum Gasteiger partial charge on any atom is -0.487 e. The Hall–Kier alpha value is -2.15. The number of esters is 1. The summed E-state index contributed by atoms with van der Waals surface area (Å²) in [5.74, 6) is 0.379. The molecule has 24 heavy (non-hydrogen) atoms. The van der Waals surface area contributed by atoms with Gasteiger partial charge in [0.05, 0.1) is 18.0 Å². The van der Waals surface area contributed by atoms with Crippen LogP contribution in [0.4, 0.5) is 5.95 Å². The first-order chi connectivity index (χ1) is 11.3. The molecule has 0 fully saturated rings. The van der Waals surface area contributed by atoms with Crippen molar-refractivity contribution < 1.29 is 14.3 Å². The highest BCUT2D eigenvalue weighted by atomic mass is 79.9. The van der Waals surface area contributed by atoms with Gasteiger partial charge in [-0.25, -0.2) is 14.8 Å². The van der Waals surface area contributed by atoms with Crippen LogP contribution in [0.2, 0.25) is 0 Å². The second kappa shape index (κ2) is 7.61. The van der Waals surface area contributed by atoms with Crippen molar-refractivity contribution in [2.24, 2.45) is 0 Å². The summed E-state index contributed by atoms with van der Waals surface area (Å²) in [7, 11) is 0. The van der Waals surface area contributed by atoms with Gasteiger partial charge in [-0.15, -0.1) is 0 Å². The third-order valence-electron chi connectivity index (χ3n) is 3.44. The number of rotatable bonds is 5. The highest BCUT2D eigenvalue weighted by Gasteiger charge is 2.20. The van der Waals surface area contributed by atoms with Crippen molar-refractivity contribution in [3.05, 3.63) is 44.7 Å². The van der Waals surface area contributed by atoms with E-state index >= 15 is 0 Å². The van der Waals surface area contributed by atoms with Crippen molar-refractivity contribution in [2.75, 3.05) is 12.3 Å². The second-order valence-corrected chi connectivity index (χ2v) is 6.28. The number of hydrogen-bond acceptors (Lipinski definition) is 6. The Morgan fingerprint density at radius 3 is 2.42 bits per heavy atom. The molecule has 0 atom stereocenters. The number of benzene rings is 1. The van der Waals surface area contributed by atoms with Gasteiger partial charge in [-0.2, -0.15) is 0 Å². The van der Waals surface area contributed by atoms with Crippen LogP contribution in [0.3, 0.4) is 0 Å². The fourth-order valence-corrected chi connectivity index (χ4v) is 3.18. The molecule has 2 N–H and O–H groups in total. The molecule has 1 aromatic heterocycles. The first-order valence-corrected chi connectivity index (χ1v) is 8.32. The molecule has 2 rings (SSSR count). The zero-order valence-electron chi connectivity index (χ0n) is 14.1. The van der Waals surface area contributed by atoms with E-state index in [-0.39, 0.29) is 19.2 Å². The third kappa shape index (κ3) is 4.03. The van der Waals surface area contributed by atoms with Crippen LogP contribution in [-0.4, -0.2) is 22.5 Å². The van der Waals surface area contributed by atoms with Gasteiger partial charge in [0.15, 0.2) is 0 Å². The van der Waals surface area contributed by atoms with Crippen LogP contribution in [0.5, 0.6) is 5.75 Å². The van der Waals surface area contributed by atoms with Gasteiger partial charge in [0.2, 0.25) is 5.95 Å². The summed E-state index contributed by atoms with van der Waals surface area (Å²) in [4.78, 5) is 20.4. The standard InChI is InChI=1S/C17H20BrN3O3/c1-5-23-16(22)14-11(4)20-17(19)21-13(14)8-24-15-9(2)6-12(18)7-10(15)3/h6-7H,5,8H2,1-4H3,(H2,19,20,21). The zero-order valence-corrected chi connectivity index (χ0v) is 15.7. The number of nitrogens with zero attached hydrogens (tertiary/aromatic N) is 2. The fourth-order valence-electron chi connectivity index (χ4n) is 2.49. The van der Waals surface area contributed by atoms with Crippen molar-refractivity contribution in [1.82, 2.24) is 9.97 Å². The minimum absolute atomic E-state index is 0.100. The Morgan fingerprint density at radius 1 is 1.21 bits per heavy atom. The smallest absolute Gasteiger partial charge is 0.341 e. The molecule has 0 spiro atoms. The van der Waals surface area contributed by atoms with E-state index in [2.05, 4.69) is 25.9 Å². The van der Waals surface area contributed by atoms with Crippen LogP contribution in [0.25, 0.3) is 0 Å². The molecular weight excluding hydrogens is 374 g/mol. The zero-order chi connectivity index (χ0) is 17.9. The van der Waals surface area contributed by atoms with E-state index in [1.807, 2.05) is 26.0 Å². The number of halogens is 1. The Labute approximate surface area is 149 Å². The Bertz CT molecular complexity index is 755. The summed E-state index contributed by atoms with van der Waals surface area (Å²) in [5, 5.41) is 0. The van der Waals surface area contributed by atoms with Gasteiger partial charge in [0, 0.05) is 4.47 Å². The lowest BCUT2D eigenvalue weighted by atomic mass is 10.1. The molecule has 0 radical (unpaired) electrons. The van der Waals surface area contributed by atoms with E-state index in [0.717, 1.165) is 21.3 Å². The van der Waals surface area contributed by atoms with Crippen molar-refractivity contribution in [1.29, 1.82) is 0 Å². The molecule has 0 saturated carbocycles. The van der Waals surface area contributed by atoms with E-state index in [9.17, 15) is 4.79 Å². The summed E-state index contributed by atoms with van der Waals surface area (Å²) in [5.41, 5.74) is 8.88. The number of hydrogen-bond donors (Lipinski definition) is 1. The van der Waals surface area contributed by atoms with Gasteiger partial charge in [-0.05, 0) is 51.0 Å². The molecule has 0 aliphatic rings. The summed E-state index contributed by atoms with van der Waals surface area (Å²) < 4.78 is 12.0. The van der Waals surface area contributed by atoms with E-state index in [4.69, 9.17) is 15.2 Å². The van der Waals surface area contributed by atoms with Crippen molar-refractivity contribution in [3.63, 3.8) is 0 Å². The lowest BCUT2D eigenvalue weighted by molar-refractivity contribution is 0.0521. The molecule has 7 heteroatoms. The second-order valence-electron chi connectivity index (χ2n) is 5.37. The van der Waals surface area contributed by atoms with Crippen molar-refractivity contribution in [2.45, 2.75) is 34.3 Å². The highest BCUT2D eigenvalue weighted by Crippen LogP contribution is 2.28. The van der Waals surface area contributed by atoms with Crippen molar-refractivity contribution in [3.8, 4) is 5.75 Å². The van der Waals surface area contributed by atoms with E-state index in [1.165, 1.54) is 0 Å². The maximum Gasteiger partial charge on any atom is 0.341 e. The molecule has 0 amide bonds. The average Bonchev–Trinajstić information content (AvgIpc) is 2.45. The summed E-state index contributed by atoms with van der Waals surface area (Å²) in [6, 6.07) is 3.93. The van der Waals surface area contributed by atoms with Crippen LogP contribution in [0, 0.1) is 20.8 Å². The lowest BCUT2D eigenvalue weighted by Gasteiger charge is -2.15. The van der Waals surface area contributed by atoms with Crippen LogP contribution in [0.1, 0.15) is 39.8 Å². The minimum atomic E-state index is -0.474. The molecular formula is C17H20BrN3O3. The molecule has 0 aliphatic heterocycles. The monoisotopic (exact) mass is 393 g/mol. The molecule has 2 aromatic rings. The number of nitrogen functional groups attached to an aromatic ring is 1. The van der Waals surface area contributed by atoms with Gasteiger partial charge < -0.3 is 15.2 Å². The number of anilines is 1. The Balaban J connectivity index is 2.35. The SMILES string of the molecule is CCOC(=O)c1c(C)nc(N)nc1COc1c(C)cc(Br)cc1C. The fraction of sp³-hybridized carbons (Fsp3) is 0.353. The van der Waals surface area contributed by atoms with E-state index in [1.54, 1.807) is 13.8 Å². The maximum absolute atomic E-state index is 12.2. The first-order valence-electron chi connectivity index (χ1n) is 7.53. The number of nitrogens with two attached hydrogens (primary N) is 1. The van der Waals surface area contributed by atoms with Gasteiger partial charge in [-0.3, -0.25) is 0 Å². The van der Waals surface area contributed by atoms with Crippen LogP contribution in [0.15, 0.2) is 16.6 Å². The topological polar surface area (TPSA) is 87.3 Å². The van der Waals surface area contributed by atoms with Crippen LogP contribution < -0.4 is 10.5 Å². The van der Waals surface area contributed by atoms with E-state index < -0.39 is 5.97 Å². The van der Waals surface area contributed by atoms with Gasteiger partial charge in [0.25, 0.3) is 0 Å². The first kappa shape index (κ1) is 18.2. The lowest BCUT2D eigenvalue weighted by Crippen LogP contribution is -2.16. The molecule has 0 saturated heterocycles. The van der Waals surface area contributed by atoms with Gasteiger partial charge in [-0.1, -0.05) is 15.9 Å². The number of carbonyl (C=O) groups is 1. The third-order valence-corrected chi connectivity index (χ3v) is 3.90. The summed E-state index contributed by atoms with van der Waals surface area (Å²) >= 11 is 3.46. The molecule has 6 nitrogen and oxygen atoms in total. The van der Waals surface area contributed by atoms with Crippen molar-refractivity contribution >= 4 is 27.8 Å². The summed E-state index contributed by atoms with van der Waals surface area (Å²) in [6.45, 7) is 7.73. The largest absolute Gasteiger partial charge is 0.487 e. The molecule has 1 aromatic carbocycles. The number of ether oxygens (including phenoxy) is 2. The highest BCUT2D eigenvalue weighted by molar-refractivity contribution is 9.10. The maximum atomic E-state index is 12.2. The molecule has 0 unspecified atom stereocenters.